The zero-order chi connectivity index (χ0) is 28.4. The van der Waals surface area contributed by atoms with Crippen molar-refractivity contribution in [3.8, 4) is 28.4 Å². The summed E-state index contributed by atoms with van der Waals surface area (Å²) in [6, 6.07) is 10.9. The van der Waals surface area contributed by atoms with Crippen molar-refractivity contribution in [2.45, 2.75) is 51.5 Å². The van der Waals surface area contributed by atoms with E-state index >= 15 is 0 Å². The Morgan fingerprint density at radius 2 is 1.56 bits per heavy atom. The fourth-order valence-corrected chi connectivity index (χ4v) is 4.75. The molecule has 2 aromatic carbocycles. The number of nitrogens with one attached hydrogen (secondary N) is 1. The quantitative estimate of drug-likeness (QED) is 0.368. The monoisotopic (exact) mass is 539 g/mol. The fraction of sp³-hybridized carbons (Fsp3) is 0.500. The summed E-state index contributed by atoms with van der Waals surface area (Å²) in [5.41, 5.74) is 2.73. The summed E-state index contributed by atoms with van der Waals surface area (Å²) >= 11 is 0. The second kappa shape index (κ2) is 14.4. The fourth-order valence-electron chi connectivity index (χ4n) is 4.75. The molecule has 3 amide bonds. The largest absolute Gasteiger partial charge is 0.493 e. The average Bonchev–Trinajstić information content (AvgIpc) is 2.95. The molecule has 2 aromatic rings. The Balaban J connectivity index is 1.65. The highest BCUT2D eigenvalue weighted by molar-refractivity contribution is 5.97. The van der Waals surface area contributed by atoms with E-state index in [-0.39, 0.29) is 30.8 Å². The van der Waals surface area contributed by atoms with Crippen molar-refractivity contribution in [1.29, 1.82) is 0 Å². The van der Waals surface area contributed by atoms with Crippen LogP contribution in [0.4, 0.5) is 0 Å². The lowest BCUT2D eigenvalue weighted by atomic mass is 9.98. The maximum Gasteiger partial charge on any atom is 0.246 e. The molecule has 9 heteroatoms. The highest BCUT2D eigenvalue weighted by atomic mass is 16.5. The van der Waals surface area contributed by atoms with Crippen LogP contribution in [0.25, 0.3) is 11.1 Å². The molecule has 0 aromatic heterocycles. The summed E-state index contributed by atoms with van der Waals surface area (Å²) < 4.78 is 16.3. The van der Waals surface area contributed by atoms with Gasteiger partial charge in [0.2, 0.25) is 23.5 Å². The molecule has 1 N–H and O–H groups in total. The van der Waals surface area contributed by atoms with E-state index in [1.807, 2.05) is 36.4 Å². The Morgan fingerprint density at radius 3 is 2.15 bits per heavy atom. The topological polar surface area (TPSA) is 97.4 Å². The van der Waals surface area contributed by atoms with Gasteiger partial charge < -0.3 is 29.3 Å². The van der Waals surface area contributed by atoms with Crippen molar-refractivity contribution in [1.82, 2.24) is 15.1 Å². The van der Waals surface area contributed by atoms with E-state index in [0.717, 1.165) is 36.0 Å². The van der Waals surface area contributed by atoms with Crippen LogP contribution in [0.5, 0.6) is 17.2 Å². The summed E-state index contributed by atoms with van der Waals surface area (Å²) in [7, 11) is 6.35. The maximum absolute atomic E-state index is 13.3. The van der Waals surface area contributed by atoms with Crippen LogP contribution < -0.4 is 19.5 Å². The van der Waals surface area contributed by atoms with E-state index in [1.54, 1.807) is 28.4 Å². The number of rotatable bonds is 14. The molecule has 1 fully saturated rings. The van der Waals surface area contributed by atoms with Crippen LogP contribution in [0.3, 0.4) is 0 Å². The van der Waals surface area contributed by atoms with E-state index in [9.17, 15) is 14.4 Å². The zero-order valence-electron chi connectivity index (χ0n) is 23.7. The molecule has 3 rings (SSSR count). The number of ether oxygens (including phenoxy) is 3. The Morgan fingerprint density at radius 1 is 0.923 bits per heavy atom. The third kappa shape index (κ3) is 7.65. The van der Waals surface area contributed by atoms with Gasteiger partial charge in [-0.15, -0.1) is 0 Å². The number of carbonyl (C=O) groups is 3. The van der Waals surface area contributed by atoms with Crippen LogP contribution in [0, 0.1) is 0 Å². The van der Waals surface area contributed by atoms with Gasteiger partial charge in [-0.1, -0.05) is 56.9 Å². The van der Waals surface area contributed by atoms with Gasteiger partial charge in [-0.05, 0) is 35.2 Å². The number of amides is 3. The molecule has 39 heavy (non-hydrogen) atoms. The second-order valence-corrected chi connectivity index (χ2v) is 9.79. The van der Waals surface area contributed by atoms with Gasteiger partial charge >= 0.3 is 0 Å². The number of methoxy groups -OCH3 is 3. The van der Waals surface area contributed by atoms with Crippen LogP contribution in [0.15, 0.2) is 36.4 Å². The van der Waals surface area contributed by atoms with E-state index in [4.69, 9.17) is 14.2 Å². The molecule has 1 aliphatic heterocycles. The number of benzene rings is 2. The van der Waals surface area contributed by atoms with E-state index in [2.05, 4.69) is 12.2 Å². The van der Waals surface area contributed by atoms with Crippen molar-refractivity contribution < 1.29 is 28.6 Å². The summed E-state index contributed by atoms with van der Waals surface area (Å²) in [5.74, 6) is 1.01. The van der Waals surface area contributed by atoms with Crippen molar-refractivity contribution in [2.75, 3.05) is 48.0 Å². The molecule has 1 atom stereocenters. The van der Waals surface area contributed by atoms with Crippen molar-refractivity contribution in [3.63, 3.8) is 0 Å². The van der Waals surface area contributed by atoms with Crippen molar-refractivity contribution in [2.24, 2.45) is 0 Å². The lowest BCUT2D eigenvalue weighted by molar-refractivity contribution is -0.155. The molecular formula is C30H41N3O6. The third-order valence-corrected chi connectivity index (χ3v) is 7.10. The molecule has 1 saturated heterocycles. The first kappa shape index (κ1) is 29.8. The van der Waals surface area contributed by atoms with Gasteiger partial charge in [0.1, 0.15) is 19.1 Å². The lowest BCUT2D eigenvalue weighted by Gasteiger charge is -2.38. The molecule has 1 aliphatic rings. The number of carbonyl (C=O) groups excluding carboxylic acids is 3. The Bertz CT molecular complexity index is 1110. The number of nitrogens with zero attached hydrogens (tertiary/aromatic N) is 2. The summed E-state index contributed by atoms with van der Waals surface area (Å²) in [4.78, 5) is 41.2. The minimum atomic E-state index is -0.667. The number of likely N-dealkylation sites (N-methyl/N-ethyl adjacent to an activating group) is 1. The number of unbranched alkanes of at least 4 members (excludes halogenated alkanes) is 4. The molecule has 212 valence electrons. The predicted octanol–water partition coefficient (Wildman–Crippen LogP) is 3.68. The molecule has 1 heterocycles. The van der Waals surface area contributed by atoms with Gasteiger partial charge in [0, 0.05) is 20.0 Å². The van der Waals surface area contributed by atoms with E-state index in [0.29, 0.717) is 30.2 Å². The maximum atomic E-state index is 13.3. The molecule has 9 nitrogen and oxygen atoms in total. The van der Waals surface area contributed by atoms with Gasteiger partial charge in [-0.25, -0.2) is 0 Å². The summed E-state index contributed by atoms with van der Waals surface area (Å²) in [5, 5.41) is 2.88. The summed E-state index contributed by atoms with van der Waals surface area (Å²) in [6.07, 6.45) is 5.86. The minimum absolute atomic E-state index is 0.0875. The molecule has 0 spiro atoms. The first-order chi connectivity index (χ1) is 18.8. The molecular weight excluding hydrogens is 498 g/mol. The second-order valence-electron chi connectivity index (χ2n) is 9.79. The number of piperazine rings is 1. The Kier molecular flexibility index (Phi) is 11.0. The molecule has 0 unspecified atom stereocenters. The predicted molar refractivity (Wildman–Crippen MR) is 150 cm³/mol. The van der Waals surface area contributed by atoms with Gasteiger partial charge in [0.05, 0.1) is 21.3 Å². The van der Waals surface area contributed by atoms with Gasteiger partial charge in [-0.2, -0.15) is 0 Å². The molecule has 0 saturated carbocycles. The third-order valence-electron chi connectivity index (χ3n) is 7.10. The van der Waals surface area contributed by atoms with Crippen LogP contribution in [0.1, 0.15) is 44.6 Å². The minimum Gasteiger partial charge on any atom is -0.493 e. The SMILES string of the molecule is CCCCCCCNC(=O)CN1CC(=O)N(C)[C@@H](Cc2ccc(-c3cc(OC)c(OC)c(OC)c3)cc2)C1=O. The van der Waals surface area contributed by atoms with E-state index < -0.39 is 6.04 Å². The highest BCUT2D eigenvalue weighted by Gasteiger charge is 2.37. The van der Waals surface area contributed by atoms with Crippen LogP contribution in [-0.4, -0.2) is 81.6 Å². The summed E-state index contributed by atoms with van der Waals surface area (Å²) in [6.45, 7) is 2.55. The number of hydrogen-bond acceptors (Lipinski definition) is 6. The zero-order valence-corrected chi connectivity index (χ0v) is 23.7. The number of hydrogen-bond donors (Lipinski definition) is 1. The Labute approximate surface area is 231 Å². The van der Waals surface area contributed by atoms with Gasteiger partial charge in [0.15, 0.2) is 11.5 Å². The Hall–Kier alpha value is -3.75. The van der Waals surface area contributed by atoms with Crippen LogP contribution >= 0.6 is 0 Å². The smallest absolute Gasteiger partial charge is 0.246 e. The first-order valence-corrected chi connectivity index (χ1v) is 13.5. The van der Waals surface area contributed by atoms with Crippen LogP contribution in [-0.2, 0) is 20.8 Å². The van der Waals surface area contributed by atoms with Crippen molar-refractivity contribution >= 4 is 17.7 Å². The average molecular weight is 540 g/mol. The standard InChI is InChI=1S/C30H41N3O6/c1-6-7-8-9-10-15-31-27(34)19-33-20-28(35)32(2)24(30(33)36)16-21-11-13-22(14-12-21)23-17-25(37-3)29(39-5)26(18-23)38-4/h11-14,17-18,24H,6-10,15-16,19-20H2,1-5H3,(H,31,34)/t24-/m0/s1. The molecule has 0 radical (unpaired) electrons. The van der Waals surface area contributed by atoms with Crippen LogP contribution in [0.2, 0.25) is 0 Å². The van der Waals surface area contributed by atoms with Crippen molar-refractivity contribution in [3.05, 3.63) is 42.0 Å². The van der Waals surface area contributed by atoms with E-state index in [1.165, 1.54) is 22.6 Å². The highest BCUT2D eigenvalue weighted by Crippen LogP contribution is 2.41. The van der Waals surface area contributed by atoms with Gasteiger partial charge in [0.25, 0.3) is 0 Å². The first-order valence-electron chi connectivity index (χ1n) is 13.5. The molecule has 0 aliphatic carbocycles. The lowest BCUT2D eigenvalue weighted by Crippen LogP contribution is -2.60. The normalized spacial score (nSPS) is 15.4. The van der Waals surface area contributed by atoms with Gasteiger partial charge in [-0.3, -0.25) is 14.4 Å². The molecule has 0 bridgehead atoms.